The summed E-state index contributed by atoms with van der Waals surface area (Å²) in [6.07, 6.45) is 2.96. The molecular formula is C9H14N4O2. The zero-order chi connectivity index (χ0) is 11.6. The van der Waals surface area contributed by atoms with Crippen LogP contribution in [0.5, 0.6) is 0 Å². The summed E-state index contributed by atoms with van der Waals surface area (Å²) >= 11 is 0. The second kappa shape index (κ2) is 4.22. The van der Waals surface area contributed by atoms with Crippen LogP contribution in [-0.2, 0) is 7.05 Å². The van der Waals surface area contributed by atoms with Crippen LogP contribution in [0.4, 0.5) is 5.82 Å². The molecule has 1 unspecified atom stereocenters. The van der Waals surface area contributed by atoms with Crippen molar-refractivity contribution >= 4 is 5.82 Å². The molecule has 0 aromatic carbocycles. The number of hydrogen-bond acceptors (Lipinski definition) is 4. The first-order valence-corrected chi connectivity index (χ1v) is 4.44. The minimum Gasteiger partial charge on any atom is -0.358 e. The van der Waals surface area contributed by atoms with Crippen molar-refractivity contribution in [1.29, 1.82) is 0 Å². The van der Waals surface area contributed by atoms with Crippen molar-refractivity contribution < 1.29 is 4.92 Å². The fraction of sp³-hybridized carbons (Fsp3) is 0.444. The summed E-state index contributed by atoms with van der Waals surface area (Å²) in [5.74, 6) is 0.598. The van der Waals surface area contributed by atoms with Crippen LogP contribution in [0.15, 0.2) is 18.9 Å². The quantitative estimate of drug-likeness (QED) is 0.424. The molecule has 0 N–H and O–H groups in total. The molecule has 0 bridgehead atoms. The molecule has 1 aromatic rings. The largest absolute Gasteiger partial charge is 0.358 e. The third-order valence-corrected chi connectivity index (χ3v) is 2.23. The van der Waals surface area contributed by atoms with Gasteiger partial charge < -0.3 is 10.1 Å². The Balaban J connectivity index is 3.15. The van der Waals surface area contributed by atoms with E-state index in [1.54, 1.807) is 13.1 Å². The van der Waals surface area contributed by atoms with Crippen molar-refractivity contribution in [2.24, 2.45) is 7.05 Å². The SMILES string of the molecule is C=CC(c1ncc([N+](=O)[O-])n1C)N(C)C. The molecule has 6 nitrogen and oxygen atoms in total. The monoisotopic (exact) mass is 210 g/mol. The fourth-order valence-electron chi connectivity index (χ4n) is 1.41. The Morgan fingerprint density at radius 2 is 2.33 bits per heavy atom. The van der Waals surface area contributed by atoms with Crippen molar-refractivity contribution in [3.05, 3.63) is 34.8 Å². The summed E-state index contributed by atoms with van der Waals surface area (Å²) < 4.78 is 1.46. The zero-order valence-corrected chi connectivity index (χ0v) is 9.04. The summed E-state index contributed by atoms with van der Waals surface area (Å²) in [6, 6.07) is -0.122. The van der Waals surface area contributed by atoms with Crippen molar-refractivity contribution in [2.45, 2.75) is 6.04 Å². The van der Waals surface area contributed by atoms with E-state index in [2.05, 4.69) is 11.6 Å². The number of likely N-dealkylation sites (N-methyl/N-ethyl adjacent to an activating group) is 1. The number of nitrogens with zero attached hydrogens (tertiary/aromatic N) is 4. The molecule has 1 rings (SSSR count). The van der Waals surface area contributed by atoms with Gasteiger partial charge in [-0.2, -0.15) is 0 Å². The van der Waals surface area contributed by atoms with Crippen LogP contribution in [0.3, 0.4) is 0 Å². The first kappa shape index (κ1) is 11.4. The molecule has 0 fully saturated rings. The Bertz CT molecular complexity index is 383. The highest BCUT2D eigenvalue weighted by molar-refractivity contribution is 5.22. The molecule has 0 spiro atoms. The molecule has 15 heavy (non-hydrogen) atoms. The Morgan fingerprint density at radius 1 is 1.73 bits per heavy atom. The summed E-state index contributed by atoms with van der Waals surface area (Å²) in [4.78, 5) is 16.1. The van der Waals surface area contributed by atoms with Gasteiger partial charge in [0.15, 0.2) is 0 Å². The molecule has 1 heterocycles. The van der Waals surface area contributed by atoms with Gasteiger partial charge in [0, 0.05) is 0 Å². The number of imidazole rings is 1. The molecule has 0 saturated carbocycles. The maximum Gasteiger partial charge on any atom is 0.342 e. The molecule has 0 saturated heterocycles. The fourth-order valence-corrected chi connectivity index (χ4v) is 1.41. The van der Waals surface area contributed by atoms with E-state index in [1.165, 1.54) is 10.8 Å². The number of nitro groups is 1. The topological polar surface area (TPSA) is 64.2 Å². The van der Waals surface area contributed by atoms with E-state index in [9.17, 15) is 10.1 Å². The van der Waals surface area contributed by atoms with E-state index in [-0.39, 0.29) is 11.9 Å². The maximum absolute atomic E-state index is 10.6. The molecule has 0 radical (unpaired) electrons. The van der Waals surface area contributed by atoms with Gasteiger partial charge in [-0.05, 0) is 19.0 Å². The molecule has 1 atom stereocenters. The van der Waals surface area contributed by atoms with Crippen LogP contribution >= 0.6 is 0 Å². The van der Waals surface area contributed by atoms with Crippen LogP contribution < -0.4 is 0 Å². The zero-order valence-electron chi connectivity index (χ0n) is 9.04. The van der Waals surface area contributed by atoms with Crippen molar-refractivity contribution in [3.63, 3.8) is 0 Å². The van der Waals surface area contributed by atoms with Crippen LogP contribution in [0.25, 0.3) is 0 Å². The van der Waals surface area contributed by atoms with Crippen LogP contribution in [0.2, 0.25) is 0 Å². The Kier molecular flexibility index (Phi) is 3.21. The smallest absolute Gasteiger partial charge is 0.342 e. The van der Waals surface area contributed by atoms with Crippen LogP contribution in [0.1, 0.15) is 11.9 Å². The van der Waals surface area contributed by atoms with Gasteiger partial charge in [-0.1, -0.05) is 6.08 Å². The van der Waals surface area contributed by atoms with Gasteiger partial charge in [-0.15, -0.1) is 6.58 Å². The molecule has 1 aromatic heterocycles. The lowest BCUT2D eigenvalue weighted by molar-refractivity contribution is -0.391. The predicted molar refractivity (Wildman–Crippen MR) is 56.5 cm³/mol. The normalized spacial score (nSPS) is 12.8. The first-order chi connectivity index (χ1) is 6.99. The summed E-state index contributed by atoms with van der Waals surface area (Å²) in [7, 11) is 5.36. The average Bonchev–Trinajstić information content (AvgIpc) is 2.49. The highest BCUT2D eigenvalue weighted by Gasteiger charge is 2.23. The third kappa shape index (κ3) is 2.04. The Labute approximate surface area is 88.0 Å². The molecule has 0 aliphatic rings. The van der Waals surface area contributed by atoms with Crippen molar-refractivity contribution in [2.75, 3.05) is 14.1 Å². The van der Waals surface area contributed by atoms with E-state index >= 15 is 0 Å². The molecule has 82 valence electrons. The van der Waals surface area contributed by atoms with Gasteiger partial charge in [-0.3, -0.25) is 4.90 Å². The van der Waals surface area contributed by atoms with Crippen molar-refractivity contribution in [3.8, 4) is 0 Å². The standard InChI is InChI=1S/C9H14N4O2/c1-5-7(11(2)3)9-10-6-8(12(9)4)13(14)15/h5-7H,1H2,2-4H3. The van der Waals surface area contributed by atoms with Gasteiger partial charge in [0.05, 0.1) is 7.05 Å². The summed E-state index contributed by atoms with van der Waals surface area (Å²) in [5, 5.41) is 10.6. The lowest BCUT2D eigenvalue weighted by Gasteiger charge is -2.17. The predicted octanol–water partition coefficient (Wildman–Crippen LogP) is 1.12. The first-order valence-electron chi connectivity index (χ1n) is 4.44. The molecule has 0 amide bonds. The van der Waals surface area contributed by atoms with E-state index in [0.29, 0.717) is 5.82 Å². The number of aromatic nitrogens is 2. The minimum absolute atomic E-state index is 0.0151. The maximum atomic E-state index is 10.6. The van der Waals surface area contributed by atoms with Crippen LogP contribution in [-0.4, -0.2) is 33.5 Å². The van der Waals surface area contributed by atoms with Gasteiger partial charge in [-0.25, -0.2) is 9.55 Å². The molecule has 0 aliphatic carbocycles. The van der Waals surface area contributed by atoms with Gasteiger partial charge in [0.2, 0.25) is 5.82 Å². The van der Waals surface area contributed by atoms with E-state index in [0.717, 1.165) is 0 Å². The third-order valence-electron chi connectivity index (χ3n) is 2.23. The van der Waals surface area contributed by atoms with Crippen LogP contribution in [0, 0.1) is 10.1 Å². The van der Waals surface area contributed by atoms with E-state index in [4.69, 9.17) is 0 Å². The van der Waals surface area contributed by atoms with Gasteiger partial charge >= 0.3 is 5.82 Å². The lowest BCUT2D eigenvalue weighted by atomic mass is 10.2. The van der Waals surface area contributed by atoms with E-state index in [1.807, 2.05) is 19.0 Å². The second-order valence-corrected chi connectivity index (χ2v) is 3.43. The Hall–Kier alpha value is -1.69. The lowest BCUT2D eigenvalue weighted by Crippen LogP contribution is -2.21. The summed E-state index contributed by atoms with van der Waals surface area (Å²) in [5.41, 5.74) is 0. The minimum atomic E-state index is -0.452. The second-order valence-electron chi connectivity index (χ2n) is 3.43. The van der Waals surface area contributed by atoms with Gasteiger partial charge in [0.1, 0.15) is 12.2 Å². The Morgan fingerprint density at radius 3 is 2.67 bits per heavy atom. The van der Waals surface area contributed by atoms with Gasteiger partial charge in [0.25, 0.3) is 0 Å². The molecular weight excluding hydrogens is 196 g/mol. The number of rotatable bonds is 4. The molecule has 6 heteroatoms. The number of hydrogen-bond donors (Lipinski definition) is 0. The highest BCUT2D eigenvalue weighted by Crippen LogP contribution is 2.21. The highest BCUT2D eigenvalue weighted by atomic mass is 16.6. The van der Waals surface area contributed by atoms with E-state index < -0.39 is 4.92 Å². The summed E-state index contributed by atoms with van der Waals surface area (Å²) in [6.45, 7) is 3.69. The molecule has 0 aliphatic heterocycles. The van der Waals surface area contributed by atoms with Crippen molar-refractivity contribution in [1.82, 2.24) is 14.5 Å². The average molecular weight is 210 g/mol.